The van der Waals surface area contributed by atoms with E-state index in [2.05, 4.69) is 0 Å². The molecule has 0 aliphatic carbocycles. The first kappa shape index (κ1) is 14.6. The van der Waals surface area contributed by atoms with Crippen LogP contribution in [-0.2, 0) is 5.92 Å². The number of rotatable bonds is 4. The fourth-order valence-electron chi connectivity index (χ4n) is 2.03. The van der Waals surface area contributed by atoms with Crippen LogP contribution in [-0.4, -0.2) is 22.2 Å². The molecule has 4 nitrogen and oxygen atoms in total. The summed E-state index contributed by atoms with van der Waals surface area (Å²) in [5.41, 5.74) is -2.62. The van der Waals surface area contributed by atoms with E-state index in [1.807, 2.05) is 0 Å². The van der Waals surface area contributed by atoms with Crippen LogP contribution in [0.3, 0.4) is 0 Å². The van der Waals surface area contributed by atoms with Crippen molar-refractivity contribution in [2.45, 2.75) is 5.92 Å². The molecule has 0 heterocycles. The Morgan fingerprint density at radius 1 is 0.762 bits per heavy atom. The molecule has 0 saturated heterocycles. The van der Waals surface area contributed by atoms with Gasteiger partial charge in [0, 0.05) is 11.1 Å². The van der Waals surface area contributed by atoms with Gasteiger partial charge in [0.2, 0.25) is 0 Å². The van der Waals surface area contributed by atoms with Crippen molar-refractivity contribution < 1.29 is 28.6 Å². The highest BCUT2D eigenvalue weighted by Crippen LogP contribution is 2.39. The fourth-order valence-corrected chi connectivity index (χ4v) is 2.03. The quantitative estimate of drug-likeness (QED) is 0.907. The monoisotopic (exact) mass is 292 g/mol. The van der Waals surface area contributed by atoms with Gasteiger partial charge in [-0.15, -0.1) is 0 Å². The highest BCUT2D eigenvalue weighted by Gasteiger charge is 2.40. The molecule has 0 aromatic heterocycles. The summed E-state index contributed by atoms with van der Waals surface area (Å²) in [6, 6.07) is 9.25. The minimum Gasteiger partial charge on any atom is -0.478 e. The molecule has 2 aromatic rings. The van der Waals surface area contributed by atoms with Gasteiger partial charge in [-0.1, -0.05) is 36.4 Å². The van der Waals surface area contributed by atoms with Gasteiger partial charge in [0.15, 0.2) is 0 Å². The van der Waals surface area contributed by atoms with Crippen molar-refractivity contribution in [3.8, 4) is 0 Å². The summed E-state index contributed by atoms with van der Waals surface area (Å²) in [7, 11) is 0. The molecule has 0 atom stereocenters. The minimum absolute atomic E-state index is 0.567. The zero-order chi connectivity index (χ0) is 15.6. The van der Waals surface area contributed by atoms with Crippen molar-refractivity contribution in [3.05, 3.63) is 70.8 Å². The van der Waals surface area contributed by atoms with Crippen LogP contribution < -0.4 is 0 Å². The van der Waals surface area contributed by atoms with Crippen LogP contribution in [0.15, 0.2) is 48.5 Å². The summed E-state index contributed by atoms with van der Waals surface area (Å²) in [6.45, 7) is 0. The predicted molar refractivity (Wildman–Crippen MR) is 69.8 cm³/mol. The maximum absolute atomic E-state index is 14.6. The number of benzene rings is 2. The van der Waals surface area contributed by atoms with Gasteiger partial charge < -0.3 is 10.2 Å². The highest BCUT2D eigenvalue weighted by molar-refractivity contribution is 5.92. The van der Waals surface area contributed by atoms with Crippen LogP contribution in [0.2, 0.25) is 0 Å². The summed E-state index contributed by atoms with van der Waals surface area (Å²) in [4.78, 5) is 22.1. The highest BCUT2D eigenvalue weighted by atomic mass is 19.3. The Hall–Kier alpha value is -2.76. The van der Waals surface area contributed by atoms with Gasteiger partial charge in [0.1, 0.15) is 0 Å². The fraction of sp³-hybridized carbons (Fsp3) is 0.0667. The molecule has 0 fully saturated rings. The molecule has 21 heavy (non-hydrogen) atoms. The van der Waals surface area contributed by atoms with Crippen molar-refractivity contribution in [1.29, 1.82) is 0 Å². The molecule has 2 aromatic carbocycles. The Bertz CT molecular complexity index is 651. The standard InChI is InChI=1S/C15H10F2O4/c16-15(17,11-7-3-1-5-9(11)13(18)19)12-8-4-2-6-10(12)14(20)21/h1-8H,(H,18,19)(H,20,21). The van der Waals surface area contributed by atoms with E-state index in [9.17, 15) is 18.4 Å². The summed E-state index contributed by atoms with van der Waals surface area (Å²) < 4.78 is 29.2. The lowest BCUT2D eigenvalue weighted by Gasteiger charge is -2.20. The molecule has 2 rings (SSSR count). The van der Waals surface area contributed by atoms with E-state index < -0.39 is 40.1 Å². The van der Waals surface area contributed by atoms with Crippen molar-refractivity contribution in [2.24, 2.45) is 0 Å². The van der Waals surface area contributed by atoms with Crippen molar-refractivity contribution in [3.63, 3.8) is 0 Å². The van der Waals surface area contributed by atoms with Gasteiger partial charge in [0.25, 0.3) is 5.92 Å². The zero-order valence-corrected chi connectivity index (χ0v) is 10.6. The van der Waals surface area contributed by atoms with E-state index in [-0.39, 0.29) is 0 Å². The van der Waals surface area contributed by atoms with Crippen LogP contribution in [0.4, 0.5) is 8.78 Å². The second-order valence-electron chi connectivity index (χ2n) is 4.28. The zero-order valence-electron chi connectivity index (χ0n) is 10.6. The van der Waals surface area contributed by atoms with Gasteiger partial charge in [0.05, 0.1) is 11.1 Å². The SMILES string of the molecule is O=C(O)c1ccccc1C(F)(F)c1ccccc1C(=O)O. The number of carboxylic acids is 2. The lowest BCUT2D eigenvalue weighted by Crippen LogP contribution is -2.22. The molecule has 2 N–H and O–H groups in total. The Morgan fingerprint density at radius 2 is 1.10 bits per heavy atom. The van der Waals surface area contributed by atoms with E-state index in [4.69, 9.17) is 10.2 Å². The van der Waals surface area contributed by atoms with E-state index in [0.29, 0.717) is 0 Å². The van der Waals surface area contributed by atoms with Gasteiger partial charge in [-0.25, -0.2) is 9.59 Å². The predicted octanol–water partition coefficient (Wildman–Crippen LogP) is 3.22. The molecule has 0 saturated carbocycles. The number of alkyl halides is 2. The summed E-state index contributed by atoms with van der Waals surface area (Å²) >= 11 is 0. The Kier molecular flexibility index (Phi) is 3.71. The first-order valence-electron chi connectivity index (χ1n) is 5.89. The third kappa shape index (κ3) is 2.60. The number of carbonyl (C=O) groups is 2. The minimum atomic E-state index is -3.73. The topological polar surface area (TPSA) is 74.6 Å². The van der Waals surface area contributed by atoms with E-state index in [1.165, 1.54) is 24.3 Å². The van der Waals surface area contributed by atoms with Crippen LogP contribution >= 0.6 is 0 Å². The first-order chi connectivity index (χ1) is 9.85. The van der Waals surface area contributed by atoms with Crippen LogP contribution in [0.1, 0.15) is 31.8 Å². The number of hydrogen-bond acceptors (Lipinski definition) is 2. The molecular weight excluding hydrogens is 282 g/mol. The maximum atomic E-state index is 14.6. The number of hydrogen-bond donors (Lipinski definition) is 2. The summed E-state index contributed by atoms with van der Waals surface area (Å²) in [5.74, 6) is -6.74. The number of aromatic carboxylic acids is 2. The molecule has 0 radical (unpaired) electrons. The van der Waals surface area contributed by atoms with Gasteiger partial charge in [-0.05, 0) is 12.1 Å². The normalized spacial score (nSPS) is 11.1. The number of halogens is 2. The van der Waals surface area contributed by atoms with Crippen molar-refractivity contribution in [2.75, 3.05) is 0 Å². The average molecular weight is 292 g/mol. The molecule has 0 spiro atoms. The lowest BCUT2D eigenvalue weighted by atomic mass is 9.92. The second-order valence-corrected chi connectivity index (χ2v) is 4.28. The molecule has 0 bridgehead atoms. The van der Waals surface area contributed by atoms with E-state index in [0.717, 1.165) is 24.3 Å². The molecular formula is C15H10F2O4. The van der Waals surface area contributed by atoms with E-state index >= 15 is 0 Å². The van der Waals surface area contributed by atoms with Gasteiger partial charge in [-0.2, -0.15) is 8.78 Å². The molecule has 0 aliphatic heterocycles. The van der Waals surface area contributed by atoms with Gasteiger partial charge in [-0.3, -0.25) is 0 Å². The molecule has 0 unspecified atom stereocenters. The van der Waals surface area contributed by atoms with Crippen molar-refractivity contribution >= 4 is 11.9 Å². The average Bonchev–Trinajstić information content (AvgIpc) is 2.47. The van der Waals surface area contributed by atoms with Gasteiger partial charge >= 0.3 is 11.9 Å². The number of carboxylic acid groups (broad SMARTS) is 2. The summed E-state index contributed by atoms with van der Waals surface area (Å²) in [5, 5.41) is 18.0. The smallest absolute Gasteiger partial charge is 0.336 e. The van der Waals surface area contributed by atoms with Crippen LogP contribution in [0, 0.1) is 0 Å². The first-order valence-corrected chi connectivity index (χ1v) is 5.89. The lowest BCUT2D eigenvalue weighted by molar-refractivity contribution is 0.0363. The molecule has 108 valence electrons. The Balaban J connectivity index is 2.69. The third-order valence-corrected chi connectivity index (χ3v) is 2.99. The molecule has 0 aliphatic rings. The molecule has 6 heteroatoms. The third-order valence-electron chi connectivity index (χ3n) is 2.99. The Labute approximate surface area is 118 Å². The molecule has 0 amide bonds. The summed E-state index contributed by atoms with van der Waals surface area (Å²) in [6.07, 6.45) is 0. The maximum Gasteiger partial charge on any atom is 0.336 e. The van der Waals surface area contributed by atoms with Crippen molar-refractivity contribution in [1.82, 2.24) is 0 Å². The second kappa shape index (κ2) is 5.32. The largest absolute Gasteiger partial charge is 0.478 e. The van der Waals surface area contributed by atoms with Crippen LogP contribution in [0.5, 0.6) is 0 Å². The Morgan fingerprint density at radius 3 is 1.43 bits per heavy atom. The van der Waals surface area contributed by atoms with E-state index in [1.54, 1.807) is 0 Å². The van der Waals surface area contributed by atoms with Crippen LogP contribution in [0.25, 0.3) is 0 Å².